The van der Waals surface area contributed by atoms with Gasteiger partial charge < -0.3 is 14.6 Å². The molecule has 190 valence electrons. The predicted octanol–water partition coefficient (Wildman–Crippen LogP) is 8.07. The Balaban J connectivity index is -0.000000598. The van der Waals surface area contributed by atoms with Crippen LogP contribution in [0.25, 0.3) is 0 Å². The number of aliphatic carboxylic acids is 1. The molecule has 1 heterocycles. The minimum Gasteiger partial charge on any atom is -0.481 e. The molecule has 1 rings (SSSR count). The number of hydrogen-bond donors (Lipinski definition) is 2. The van der Waals surface area contributed by atoms with Gasteiger partial charge in [-0.25, -0.2) is 4.79 Å². The number of hydrogen-bond acceptors (Lipinski definition) is 3. The SMILES string of the molecule is CCCCCCCCCCCCCCCCCC(=O)O.O=C(O)c1ccc(Br)o1.[Ag].[Ag]. The maximum absolute atomic E-state index is 10.3. The number of halogens is 1. The van der Waals surface area contributed by atoms with E-state index in [1.54, 1.807) is 0 Å². The second kappa shape index (κ2) is 26.4. The third kappa shape index (κ3) is 26.3. The van der Waals surface area contributed by atoms with E-state index in [2.05, 4.69) is 27.3 Å². The van der Waals surface area contributed by atoms with Crippen molar-refractivity contribution >= 4 is 27.9 Å². The predicted molar refractivity (Wildman–Crippen MR) is 121 cm³/mol. The smallest absolute Gasteiger partial charge is 0.371 e. The molecule has 0 atom stereocenters. The van der Waals surface area contributed by atoms with Gasteiger partial charge in [-0.2, -0.15) is 0 Å². The van der Waals surface area contributed by atoms with E-state index in [1.807, 2.05) is 0 Å². The van der Waals surface area contributed by atoms with Crippen LogP contribution >= 0.6 is 15.9 Å². The van der Waals surface area contributed by atoms with Gasteiger partial charge in [-0.15, -0.1) is 0 Å². The standard InChI is InChI=1S/C18H36O2.C5H3BrO3.2Ag/c1-2-3-4-5-6-7-8-9-10-11-12-13-14-15-16-17-18(19)20;6-4-2-1-3(9-4)5(7)8;;/h2-17H2,1H3,(H,19,20);1-2H,(H,7,8);;. The van der Waals surface area contributed by atoms with Crippen molar-refractivity contribution in [3.05, 3.63) is 22.6 Å². The van der Waals surface area contributed by atoms with Crippen LogP contribution in [0.2, 0.25) is 0 Å². The Morgan fingerprint density at radius 1 is 0.742 bits per heavy atom. The van der Waals surface area contributed by atoms with Gasteiger partial charge in [-0.1, -0.05) is 96.8 Å². The van der Waals surface area contributed by atoms with E-state index in [-0.39, 0.29) is 50.5 Å². The number of carboxylic acids is 2. The van der Waals surface area contributed by atoms with Crippen LogP contribution < -0.4 is 0 Å². The number of rotatable bonds is 17. The number of unbranched alkanes of at least 4 members (excludes halogenated alkanes) is 14. The van der Waals surface area contributed by atoms with Crippen LogP contribution in [0.3, 0.4) is 0 Å². The third-order valence-electron chi connectivity index (χ3n) is 4.78. The van der Waals surface area contributed by atoms with Crippen LogP contribution in [0.5, 0.6) is 0 Å². The van der Waals surface area contributed by atoms with Crippen molar-refractivity contribution in [2.75, 3.05) is 0 Å². The Bertz CT molecular complexity index is 538. The monoisotopic (exact) mass is 688 g/mol. The van der Waals surface area contributed by atoms with E-state index in [9.17, 15) is 9.59 Å². The molecule has 0 fully saturated rings. The summed E-state index contributed by atoms with van der Waals surface area (Å²) in [4.78, 5) is 20.4. The maximum atomic E-state index is 10.3. The Kier molecular flexibility index (Phi) is 30.5. The molecular formula is C23H39Ag2BrO5. The molecule has 31 heavy (non-hydrogen) atoms. The first-order valence-electron chi connectivity index (χ1n) is 11.2. The van der Waals surface area contributed by atoms with Gasteiger partial charge in [0, 0.05) is 51.2 Å². The minimum atomic E-state index is -1.05. The molecule has 0 bridgehead atoms. The Morgan fingerprint density at radius 3 is 1.39 bits per heavy atom. The van der Waals surface area contributed by atoms with Gasteiger partial charge in [-0.3, -0.25) is 4.79 Å². The summed E-state index contributed by atoms with van der Waals surface area (Å²) in [5.74, 6) is -1.76. The average Bonchev–Trinajstić information content (AvgIpc) is 3.12. The topological polar surface area (TPSA) is 87.7 Å². The van der Waals surface area contributed by atoms with Gasteiger partial charge in [0.1, 0.15) is 0 Å². The van der Waals surface area contributed by atoms with Crippen LogP contribution in [0, 0.1) is 0 Å². The molecule has 5 nitrogen and oxygen atoms in total. The van der Waals surface area contributed by atoms with E-state index in [0.29, 0.717) is 11.1 Å². The summed E-state index contributed by atoms with van der Waals surface area (Å²) in [5.41, 5.74) is 0. The molecule has 0 saturated carbocycles. The zero-order chi connectivity index (χ0) is 21.7. The fraction of sp³-hybridized carbons (Fsp3) is 0.739. The van der Waals surface area contributed by atoms with Crippen LogP contribution in [0.1, 0.15) is 120 Å². The number of carboxylic acid groups (broad SMARTS) is 2. The average molecular weight is 691 g/mol. The molecule has 0 aromatic carbocycles. The summed E-state index contributed by atoms with van der Waals surface area (Å²) >= 11 is 2.97. The zero-order valence-corrected chi connectivity index (χ0v) is 23.1. The van der Waals surface area contributed by atoms with E-state index >= 15 is 0 Å². The normalized spacial score (nSPS) is 9.74. The Hall–Kier alpha value is 0.181. The van der Waals surface area contributed by atoms with Crippen molar-refractivity contribution in [3.63, 3.8) is 0 Å². The fourth-order valence-electron chi connectivity index (χ4n) is 3.08. The van der Waals surface area contributed by atoms with Crippen LogP contribution in [0.15, 0.2) is 21.2 Å². The van der Waals surface area contributed by atoms with Gasteiger partial charge in [0.15, 0.2) is 4.67 Å². The Labute approximate surface area is 227 Å². The molecule has 2 N–H and O–H groups in total. The van der Waals surface area contributed by atoms with Crippen molar-refractivity contribution in [2.24, 2.45) is 0 Å². The van der Waals surface area contributed by atoms with Crippen molar-refractivity contribution in [1.29, 1.82) is 0 Å². The molecule has 0 aliphatic heterocycles. The summed E-state index contributed by atoms with van der Waals surface area (Å²) < 4.78 is 5.09. The van der Waals surface area contributed by atoms with E-state index < -0.39 is 11.9 Å². The van der Waals surface area contributed by atoms with Gasteiger partial charge in [0.2, 0.25) is 5.76 Å². The molecule has 0 unspecified atom stereocenters. The van der Waals surface area contributed by atoms with Crippen LogP contribution in [-0.4, -0.2) is 22.2 Å². The number of aromatic carboxylic acids is 1. The second-order valence-corrected chi connectivity index (χ2v) is 8.28. The van der Waals surface area contributed by atoms with E-state index in [0.717, 1.165) is 12.8 Å². The van der Waals surface area contributed by atoms with Crippen molar-refractivity contribution in [2.45, 2.75) is 110 Å². The van der Waals surface area contributed by atoms with Crippen LogP contribution in [-0.2, 0) is 49.6 Å². The van der Waals surface area contributed by atoms with Crippen molar-refractivity contribution in [1.82, 2.24) is 0 Å². The van der Waals surface area contributed by atoms with Gasteiger partial charge in [0.05, 0.1) is 0 Å². The summed E-state index contributed by atoms with van der Waals surface area (Å²) in [6, 6.07) is 2.91. The van der Waals surface area contributed by atoms with Crippen molar-refractivity contribution < 1.29 is 69.0 Å². The van der Waals surface area contributed by atoms with Crippen LogP contribution in [0.4, 0.5) is 0 Å². The molecule has 0 aliphatic rings. The maximum Gasteiger partial charge on any atom is 0.371 e. The first-order valence-corrected chi connectivity index (χ1v) is 12.0. The third-order valence-corrected chi connectivity index (χ3v) is 5.20. The minimum absolute atomic E-state index is 0. The quantitative estimate of drug-likeness (QED) is 0.128. The van der Waals surface area contributed by atoms with Gasteiger partial charge in [0.25, 0.3) is 0 Å². The summed E-state index contributed by atoms with van der Waals surface area (Å²) in [5, 5.41) is 16.8. The zero-order valence-electron chi connectivity index (χ0n) is 18.6. The summed E-state index contributed by atoms with van der Waals surface area (Å²) in [6.07, 6.45) is 20.2. The number of carbonyl (C=O) groups is 2. The first-order chi connectivity index (χ1) is 14.0. The molecule has 1 aromatic rings. The molecule has 0 amide bonds. The Morgan fingerprint density at radius 2 is 1.13 bits per heavy atom. The molecule has 1 aromatic heterocycles. The van der Waals surface area contributed by atoms with Gasteiger partial charge in [-0.05, 0) is 34.5 Å². The number of furan rings is 1. The summed E-state index contributed by atoms with van der Waals surface area (Å²) in [6.45, 7) is 2.27. The molecule has 0 saturated heterocycles. The van der Waals surface area contributed by atoms with E-state index in [4.69, 9.17) is 10.2 Å². The van der Waals surface area contributed by atoms with Gasteiger partial charge >= 0.3 is 11.9 Å². The van der Waals surface area contributed by atoms with E-state index in [1.165, 1.54) is 95.6 Å². The molecule has 8 heteroatoms. The first kappa shape index (κ1) is 35.8. The summed E-state index contributed by atoms with van der Waals surface area (Å²) in [7, 11) is 0. The van der Waals surface area contributed by atoms with Crippen molar-refractivity contribution in [3.8, 4) is 0 Å². The molecule has 0 aliphatic carbocycles. The largest absolute Gasteiger partial charge is 0.481 e. The molecule has 2 radical (unpaired) electrons. The second-order valence-electron chi connectivity index (χ2n) is 7.50. The molecular weight excluding hydrogens is 652 g/mol. The molecule has 0 spiro atoms. The fourth-order valence-corrected chi connectivity index (χ4v) is 3.38.